The highest BCUT2D eigenvalue weighted by Crippen LogP contribution is 2.30. The van der Waals surface area contributed by atoms with Crippen molar-refractivity contribution < 1.29 is 24.0 Å². The van der Waals surface area contributed by atoms with Gasteiger partial charge in [-0.25, -0.2) is 4.79 Å². The minimum Gasteiger partial charge on any atom is -0.497 e. The second-order valence-electron chi connectivity index (χ2n) is 7.31. The Bertz CT molecular complexity index is 1040. The molecule has 0 saturated carbocycles. The predicted octanol–water partition coefficient (Wildman–Crippen LogP) is 2.03. The van der Waals surface area contributed by atoms with Crippen molar-refractivity contribution in [2.75, 3.05) is 20.7 Å². The van der Waals surface area contributed by atoms with Gasteiger partial charge in [-0.1, -0.05) is 30.3 Å². The number of methoxy groups -OCH3 is 1. The topological polar surface area (TPSA) is 122 Å². The molecular weight excluding hydrogens is 404 g/mol. The number of rotatable bonds is 7. The molecule has 0 radical (unpaired) electrons. The highest BCUT2D eigenvalue weighted by atomic mass is 16.6. The largest absolute Gasteiger partial charge is 0.497 e. The normalized spacial score (nSPS) is 18.0. The van der Waals surface area contributed by atoms with Gasteiger partial charge in [0.1, 0.15) is 17.8 Å². The minimum atomic E-state index is -1.32. The van der Waals surface area contributed by atoms with Crippen LogP contribution < -0.4 is 10.1 Å². The molecule has 0 aliphatic carbocycles. The van der Waals surface area contributed by atoms with Crippen LogP contribution in [-0.2, 0) is 21.7 Å². The Morgan fingerprint density at radius 1 is 1.19 bits per heavy atom. The van der Waals surface area contributed by atoms with Gasteiger partial charge < -0.3 is 15.0 Å². The van der Waals surface area contributed by atoms with Crippen molar-refractivity contribution in [2.24, 2.45) is 0 Å². The fourth-order valence-electron chi connectivity index (χ4n) is 3.38. The van der Waals surface area contributed by atoms with Crippen molar-refractivity contribution in [1.82, 2.24) is 15.1 Å². The zero-order chi connectivity index (χ0) is 22.8. The van der Waals surface area contributed by atoms with Gasteiger partial charge in [0.15, 0.2) is 0 Å². The van der Waals surface area contributed by atoms with E-state index in [-0.39, 0.29) is 12.2 Å². The molecule has 0 bridgehead atoms. The van der Waals surface area contributed by atoms with E-state index in [2.05, 4.69) is 5.32 Å². The highest BCUT2D eigenvalue weighted by Gasteiger charge is 2.49. The lowest BCUT2D eigenvalue weighted by Gasteiger charge is -2.23. The van der Waals surface area contributed by atoms with Gasteiger partial charge in [0, 0.05) is 18.7 Å². The van der Waals surface area contributed by atoms with Crippen LogP contribution in [0.3, 0.4) is 0 Å². The molecule has 1 unspecified atom stereocenters. The molecule has 1 fully saturated rings. The summed E-state index contributed by atoms with van der Waals surface area (Å²) in [7, 11) is 2.98. The molecule has 0 aromatic heterocycles. The Morgan fingerprint density at radius 2 is 1.84 bits per heavy atom. The Labute approximate surface area is 178 Å². The standard InChI is InChI=1S/C21H22N4O6/c1-21(15-8-10-16(31-3)11-9-15)19(27)24(20(28)22-21)13-18(26)23(2)12-14-6-4-5-7-17(14)25(29)30/h4-11H,12-13H2,1-3H3,(H,22,28). The van der Waals surface area contributed by atoms with E-state index in [4.69, 9.17) is 4.74 Å². The molecule has 162 valence electrons. The fourth-order valence-corrected chi connectivity index (χ4v) is 3.38. The zero-order valence-corrected chi connectivity index (χ0v) is 17.3. The molecule has 10 heteroatoms. The number of nitro benzene ring substituents is 1. The van der Waals surface area contributed by atoms with Crippen LogP contribution in [0.4, 0.5) is 10.5 Å². The van der Waals surface area contributed by atoms with E-state index in [1.165, 1.54) is 31.2 Å². The summed E-state index contributed by atoms with van der Waals surface area (Å²) < 4.78 is 5.11. The smallest absolute Gasteiger partial charge is 0.325 e. The summed E-state index contributed by atoms with van der Waals surface area (Å²) in [5.74, 6) is -0.483. The fraction of sp³-hybridized carbons (Fsp3) is 0.286. The average Bonchev–Trinajstić information content (AvgIpc) is 2.97. The van der Waals surface area contributed by atoms with Gasteiger partial charge in [-0.15, -0.1) is 0 Å². The number of amides is 4. The Hall–Kier alpha value is -3.95. The summed E-state index contributed by atoms with van der Waals surface area (Å²) in [6.07, 6.45) is 0. The quantitative estimate of drug-likeness (QED) is 0.411. The van der Waals surface area contributed by atoms with Crippen LogP contribution in [0.15, 0.2) is 48.5 Å². The molecule has 1 aliphatic rings. The number of nitrogens with zero attached hydrogens (tertiary/aromatic N) is 3. The summed E-state index contributed by atoms with van der Waals surface area (Å²) in [5, 5.41) is 13.8. The van der Waals surface area contributed by atoms with Gasteiger partial charge in [0.2, 0.25) is 5.91 Å². The number of ether oxygens (including phenoxy) is 1. The van der Waals surface area contributed by atoms with Crippen LogP contribution in [-0.4, -0.2) is 53.3 Å². The first kappa shape index (κ1) is 21.8. The van der Waals surface area contributed by atoms with E-state index in [0.29, 0.717) is 16.9 Å². The summed E-state index contributed by atoms with van der Waals surface area (Å²) in [5.41, 5.74) is -0.525. The van der Waals surface area contributed by atoms with Crippen LogP contribution in [0.5, 0.6) is 5.75 Å². The maximum absolute atomic E-state index is 13.0. The number of carbonyl (C=O) groups is 3. The monoisotopic (exact) mass is 426 g/mol. The van der Waals surface area contributed by atoms with E-state index in [1.807, 2.05) is 0 Å². The molecule has 2 aromatic carbocycles. The van der Waals surface area contributed by atoms with Gasteiger partial charge in [-0.3, -0.25) is 24.6 Å². The van der Waals surface area contributed by atoms with Crippen molar-refractivity contribution in [3.63, 3.8) is 0 Å². The zero-order valence-electron chi connectivity index (χ0n) is 17.3. The van der Waals surface area contributed by atoms with Crippen LogP contribution in [0.25, 0.3) is 0 Å². The lowest BCUT2D eigenvalue weighted by molar-refractivity contribution is -0.385. The van der Waals surface area contributed by atoms with Crippen molar-refractivity contribution in [2.45, 2.75) is 19.0 Å². The van der Waals surface area contributed by atoms with E-state index in [0.717, 1.165) is 4.90 Å². The summed E-state index contributed by atoms with van der Waals surface area (Å²) in [6, 6.07) is 12.1. The molecule has 1 aliphatic heterocycles. The number of benzene rings is 2. The van der Waals surface area contributed by atoms with Gasteiger partial charge in [-0.05, 0) is 24.6 Å². The molecule has 3 rings (SSSR count). The number of carbonyl (C=O) groups excluding carboxylic acids is 3. The van der Waals surface area contributed by atoms with Crippen LogP contribution >= 0.6 is 0 Å². The van der Waals surface area contributed by atoms with E-state index >= 15 is 0 Å². The van der Waals surface area contributed by atoms with E-state index in [1.54, 1.807) is 43.3 Å². The Balaban J connectivity index is 1.73. The van der Waals surface area contributed by atoms with Gasteiger partial charge >= 0.3 is 6.03 Å². The van der Waals surface area contributed by atoms with Crippen molar-refractivity contribution in [3.8, 4) is 5.75 Å². The molecule has 4 amide bonds. The second kappa shape index (κ2) is 8.42. The number of urea groups is 1. The highest BCUT2D eigenvalue weighted by molar-refractivity contribution is 6.09. The molecule has 10 nitrogen and oxygen atoms in total. The molecule has 1 N–H and O–H groups in total. The first-order valence-electron chi connectivity index (χ1n) is 9.42. The van der Waals surface area contributed by atoms with Crippen LogP contribution in [0.1, 0.15) is 18.1 Å². The molecule has 31 heavy (non-hydrogen) atoms. The van der Waals surface area contributed by atoms with E-state index in [9.17, 15) is 24.5 Å². The maximum Gasteiger partial charge on any atom is 0.325 e. The number of likely N-dealkylation sites (N-methyl/N-ethyl adjacent to an activating group) is 1. The minimum absolute atomic E-state index is 0.0324. The first-order chi connectivity index (χ1) is 14.7. The van der Waals surface area contributed by atoms with Gasteiger partial charge in [0.25, 0.3) is 11.6 Å². The molecule has 2 aromatic rings. The lowest BCUT2D eigenvalue weighted by Crippen LogP contribution is -2.43. The predicted molar refractivity (Wildman–Crippen MR) is 110 cm³/mol. The van der Waals surface area contributed by atoms with Crippen molar-refractivity contribution >= 4 is 23.5 Å². The Kier molecular flexibility index (Phi) is 5.91. The number of nitro groups is 1. The first-order valence-corrected chi connectivity index (χ1v) is 9.42. The summed E-state index contributed by atoms with van der Waals surface area (Å²) in [4.78, 5) is 50.9. The third-order valence-corrected chi connectivity index (χ3v) is 5.26. The maximum atomic E-state index is 13.0. The Morgan fingerprint density at radius 3 is 2.45 bits per heavy atom. The molecule has 1 atom stereocenters. The number of hydrogen-bond donors (Lipinski definition) is 1. The number of imide groups is 1. The SMILES string of the molecule is COc1ccc(C2(C)NC(=O)N(CC(=O)N(C)Cc3ccccc3[N+](=O)[O-])C2=O)cc1. The van der Waals surface area contributed by atoms with Gasteiger partial charge in [0.05, 0.1) is 18.6 Å². The summed E-state index contributed by atoms with van der Waals surface area (Å²) >= 11 is 0. The second-order valence-corrected chi connectivity index (χ2v) is 7.31. The van der Waals surface area contributed by atoms with Crippen molar-refractivity contribution in [3.05, 3.63) is 69.8 Å². The molecular formula is C21H22N4O6. The van der Waals surface area contributed by atoms with Gasteiger partial charge in [-0.2, -0.15) is 0 Å². The lowest BCUT2D eigenvalue weighted by atomic mass is 9.92. The number of para-hydroxylation sites is 1. The van der Waals surface area contributed by atoms with E-state index < -0.39 is 34.9 Å². The number of nitrogens with one attached hydrogen (secondary N) is 1. The van der Waals surface area contributed by atoms with Crippen molar-refractivity contribution in [1.29, 1.82) is 0 Å². The van der Waals surface area contributed by atoms with Crippen LogP contribution in [0.2, 0.25) is 0 Å². The third kappa shape index (κ3) is 4.18. The average molecular weight is 426 g/mol. The molecule has 0 spiro atoms. The molecule has 1 saturated heterocycles. The number of hydrogen-bond acceptors (Lipinski definition) is 6. The van der Waals surface area contributed by atoms with Crippen LogP contribution in [0, 0.1) is 10.1 Å². The molecule has 1 heterocycles. The summed E-state index contributed by atoms with van der Waals surface area (Å²) in [6.45, 7) is 1.06. The third-order valence-electron chi connectivity index (χ3n) is 5.26.